The molecule has 0 unspecified atom stereocenters. The highest BCUT2D eigenvalue weighted by atomic mass is 32.1. The Bertz CT molecular complexity index is 907. The van der Waals surface area contributed by atoms with E-state index in [9.17, 15) is 4.79 Å². The molecular formula is C20H21N3O3S. The fourth-order valence-electron chi connectivity index (χ4n) is 2.51. The Hall–Kier alpha value is -2.93. The van der Waals surface area contributed by atoms with Gasteiger partial charge in [0, 0.05) is 5.56 Å². The number of para-hydroxylation sites is 1. The van der Waals surface area contributed by atoms with Gasteiger partial charge in [0.15, 0.2) is 6.61 Å². The molecule has 0 spiro atoms. The van der Waals surface area contributed by atoms with Crippen LogP contribution in [0.1, 0.15) is 25.3 Å². The maximum absolute atomic E-state index is 12.2. The molecule has 3 aromatic rings. The SMILES string of the molecule is COc1ccc(-c2nnc(NC(=O)COc3ccccc3C(C)C)s2)cc1. The van der Waals surface area contributed by atoms with E-state index < -0.39 is 0 Å². The van der Waals surface area contributed by atoms with Crippen LogP contribution in [0.15, 0.2) is 48.5 Å². The first-order chi connectivity index (χ1) is 13.1. The molecule has 1 aromatic heterocycles. The number of hydrogen-bond donors (Lipinski definition) is 1. The second kappa shape index (κ2) is 8.64. The lowest BCUT2D eigenvalue weighted by atomic mass is 10.0. The molecule has 3 rings (SSSR count). The second-order valence-corrected chi connectivity index (χ2v) is 7.15. The van der Waals surface area contributed by atoms with Gasteiger partial charge < -0.3 is 9.47 Å². The van der Waals surface area contributed by atoms with Crippen molar-refractivity contribution in [2.45, 2.75) is 19.8 Å². The van der Waals surface area contributed by atoms with Crippen molar-refractivity contribution >= 4 is 22.4 Å². The number of nitrogens with one attached hydrogen (secondary N) is 1. The summed E-state index contributed by atoms with van der Waals surface area (Å²) in [5.74, 6) is 1.54. The van der Waals surface area contributed by atoms with Gasteiger partial charge in [0.1, 0.15) is 16.5 Å². The van der Waals surface area contributed by atoms with Crippen LogP contribution in [0.3, 0.4) is 0 Å². The van der Waals surface area contributed by atoms with Crippen molar-refractivity contribution in [2.75, 3.05) is 19.0 Å². The summed E-state index contributed by atoms with van der Waals surface area (Å²) in [7, 11) is 1.62. The predicted octanol–water partition coefficient (Wildman–Crippen LogP) is 4.35. The van der Waals surface area contributed by atoms with Gasteiger partial charge >= 0.3 is 0 Å². The summed E-state index contributed by atoms with van der Waals surface area (Å²) in [6.07, 6.45) is 0. The molecule has 1 amide bonds. The van der Waals surface area contributed by atoms with Crippen molar-refractivity contribution < 1.29 is 14.3 Å². The Morgan fingerprint density at radius 1 is 1.11 bits per heavy atom. The van der Waals surface area contributed by atoms with Gasteiger partial charge in [0.25, 0.3) is 5.91 Å². The Balaban J connectivity index is 1.59. The Morgan fingerprint density at radius 3 is 2.56 bits per heavy atom. The number of methoxy groups -OCH3 is 1. The van der Waals surface area contributed by atoms with E-state index in [4.69, 9.17) is 9.47 Å². The zero-order valence-electron chi connectivity index (χ0n) is 15.4. The number of hydrogen-bond acceptors (Lipinski definition) is 6. The number of aromatic nitrogens is 2. The third kappa shape index (κ3) is 4.83. The van der Waals surface area contributed by atoms with Crippen LogP contribution in [0, 0.1) is 0 Å². The first kappa shape index (κ1) is 18.8. The molecule has 0 aliphatic heterocycles. The summed E-state index contributed by atoms with van der Waals surface area (Å²) >= 11 is 1.31. The van der Waals surface area contributed by atoms with Gasteiger partial charge in [-0.15, -0.1) is 10.2 Å². The molecule has 140 valence electrons. The van der Waals surface area contributed by atoms with Gasteiger partial charge in [-0.1, -0.05) is 43.4 Å². The molecule has 0 bridgehead atoms. The molecule has 6 nitrogen and oxygen atoms in total. The van der Waals surface area contributed by atoms with Crippen LogP contribution >= 0.6 is 11.3 Å². The first-order valence-electron chi connectivity index (χ1n) is 8.56. The number of carbonyl (C=O) groups is 1. The van der Waals surface area contributed by atoms with Crippen LogP contribution in [-0.4, -0.2) is 29.8 Å². The van der Waals surface area contributed by atoms with Crippen molar-refractivity contribution in [2.24, 2.45) is 0 Å². The van der Waals surface area contributed by atoms with Crippen molar-refractivity contribution in [1.82, 2.24) is 10.2 Å². The quantitative estimate of drug-likeness (QED) is 0.656. The number of amides is 1. The highest BCUT2D eigenvalue weighted by molar-refractivity contribution is 7.18. The molecule has 0 aliphatic rings. The van der Waals surface area contributed by atoms with Crippen LogP contribution in [0.2, 0.25) is 0 Å². The summed E-state index contributed by atoms with van der Waals surface area (Å²) in [5, 5.41) is 12.0. The van der Waals surface area contributed by atoms with Crippen LogP contribution in [0.5, 0.6) is 11.5 Å². The van der Waals surface area contributed by atoms with Crippen molar-refractivity contribution in [3.8, 4) is 22.1 Å². The van der Waals surface area contributed by atoms with Crippen LogP contribution in [-0.2, 0) is 4.79 Å². The molecular weight excluding hydrogens is 362 g/mol. The van der Waals surface area contributed by atoms with E-state index in [1.54, 1.807) is 7.11 Å². The molecule has 0 atom stereocenters. The van der Waals surface area contributed by atoms with Gasteiger partial charge in [-0.25, -0.2) is 0 Å². The Labute approximate surface area is 162 Å². The highest BCUT2D eigenvalue weighted by Crippen LogP contribution is 2.28. The Morgan fingerprint density at radius 2 is 1.85 bits per heavy atom. The first-order valence-corrected chi connectivity index (χ1v) is 9.38. The van der Waals surface area contributed by atoms with E-state index in [0.717, 1.165) is 27.6 Å². The predicted molar refractivity (Wildman–Crippen MR) is 107 cm³/mol. The lowest BCUT2D eigenvalue weighted by Crippen LogP contribution is -2.20. The topological polar surface area (TPSA) is 73.3 Å². The molecule has 0 saturated carbocycles. The number of carbonyl (C=O) groups excluding carboxylic acids is 1. The molecule has 0 radical (unpaired) electrons. The Kier molecular flexibility index (Phi) is 6.03. The van der Waals surface area contributed by atoms with E-state index in [1.165, 1.54) is 11.3 Å². The van der Waals surface area contributed by atoms with E-state index in [2.05, 4.69) is 29.4 Å². The molecule has 0 fully saturated rings. The molecule has 27 heavy (non-hydrogen) atoms. The average Bonchev–Trinajstić information content (AvgIpc) is 3.15. The minimum atomic E-state index is -0.272. The fourth-order valence-corrected chi connectivity index (χ4v) is 3.28. The lowest BCUT2D eigenvalue weighted by molar-refractivity contribution is -0.118. The number of anilines is 1. The monoisotopic (exact) mass is 383 g/mol. The molecule has 0 saturated heterocycles. The van der Waals surface area contributed by atoms with E-state index in [-0.39, 0.29) is 12.5 Å². The maximum atomic E-state index is 12.2. The zero-order valence-corrected chi connectivity index (χ0v) is 16.2. The summed E-state index contributed by atoms with van der Waals surface area (Å²) in [6.45, 7) is 4.09. The number of rotatable bonds is 7. The standard InChI is InChI=1S/C20H21N3O3S/c1-13(2)16-6-4-5-7-17(16)26-12-18(24)21-20-23-22-19(27-20)14-8-10-15(25-3)11-9-14/h4-11,13H,12H2,1-3H3,(H,21,23,24). The molecule has 1 heterocycles. The van der Waals surface area contributed by atoms with E-state index in [1.807, 2.05) is 48.5 Å². The van der Waals surface area contributed by atoms with Crippen LogP contribution in [0.25, 0.3) is 10.6 Å². The highest BCUT2D eigenvalue weighted by Gasteiger charge is 2.12. The number of nitrogens with zero attached hydrogens (tertiary/aromatic N) is 2. The van der Waals surface area contributed by atoms with Crippen LogP contribution in [0.4, 0.5) is 5.13 Å². The fraction of sp³-hybridized carbons (Fsp3) is 0.250. The summed E-state index contributed by atoms with van der Waals surface area (Å²) in [5.41, 5.74) is 1.99. The minimum absolute atomic E-state index is 0.0822. The van der Waals surface area contributed by atoms with Crippen LogP contribution < -0.4 is 14.8 Å². The van der Waals surface area contributed by atoms with E-state index in [0.29, 0.717) is 11.0 Å². The summed E-state index contributed by atoms with van der Waals surface area (Å²) in [6, 6.07) is 15.2. The normalized spacial score (nSPS) is 10.7. The molecule has 1 N–H and O–H groups in total. The van der Waals surface area contributed by atoms with Gasteiger partial charge in [0.2, 0.25) is 5.13 Å². The number of ether oxygens (including phenoxy) is 2. The maximum Gasteiger partial charge on any atom is 0.264 e. The van der Waals surface area contributed by atoms with Gasteiger partial charge in [0.05, 0.1) is 7.11 Å². The number of benzene rings is 2. The van der Waals surface area contributed by atoms with Crippen molar-refractivity contribution in [3.05, 3.63) is 54.1 Å². The lowest BCUT2D eigenvalue weighted by Gasteiger charge is -2.13. The third-order valence-corrected chi connectivity index (χ3v) is 4.80. The third-order valence-electron chi connectivity index (χ3n) is 3.91. The second-order valence-electron chi connectivity index (χ2n) is 6.17. The van der Waals surface area contributed by atoms with E-state index >= 15 is 0 Å². The summed E-state index contributed by atoms with van der Waals surface area (Å²) < 4.78 is 10.8. The summed E-state index contributed by atoms with van der Waals surface area (Å²) in [4.78, 5) is 12.2. The van der Waals surface area contributed by atoms with Gasteiger partial charge in [-0.2, -0.15) is 0 Å². The smallest absolute Gasteiger partial charge is 0.264 e. The van der Waals surface area contributed by atoms with Gasteiger partial charge in [-0.3, -0.25) is 10.1 Å². The minimum Gasteiger partial charge on any atom is -0.497 e. The molecule has 0 aliphatic carbocycles. The van der Waals surface area contributed by atoms with Crippen molar-refractivity contribution in [3.63, 3.8) is 0 Å². The van der Waals surface area contributed by atoms with Crippen molar-refractivity contribution in [1.29, 1.82) is 0 Å². The molecule has 7 heteroatoms. The average molecular weight is 383 g/mol. The van der Waals surface area contributed by atoms with Gasteiger partial charge in [-0.05, 0) is 41.8 Å². The zero-order chi connectivity index (χ0) is 19.2. The largest absolute Gasteiger partial charge is 0.497 e. The molecule has 2 aromatic carbocycles.